The average molecular weight is 895 g/mol. The maximum absolute atomic E-state index is 12.7. The number of ether oxygens (including phenoxy) is 6. The van der Waals surface area contributed by atoms with Crippen molar-refractivity contribution in [1.82, 2.24) is 0 Å². The maximum atomic E-state index is 12.7. The zero-order valence-electron chi connectivity index (χ0n) is 38.0. The largest absolute Gasteiger partial charge is 0.457 e. The molecule has 0 spiro atoms. The van der Waals surface area contributed by atoms with E-state index < -0.39 is 86.7 Å². The lowest BCUT2D eigenvalue weighted by molar-refractivity contribution is -0.332. The summed E-state index contributed by atoms with van der Waals surface area (Å²) in [6.45, 7) is 3.39. The van der Waals surface area contributed by atoms with E-state index in [-0.39, 0.29) is 19.6 Å². The smallest absolute Gasteiger partial charge is 0.306 e. The van der Waals surface area contributed by atoms with Crippen LogP contribution >= 0.6 is 0 Å². The Morgan fingerprint density at radius 1 is 0.540 bits per heavy atom. The van der Waals surface area contributed by atoms with Gasteiger partial charge in [0.1, 0.15) is 54.9 Å². The van der Waals surface area contributed by atoms with Crippen molar-refractivity contribution in [3.05, 3.63) is 72.9 Å². The lowest BCUT2D eigenvalue weighted by atomic mass is 9.98. The first-order valence-electron chi connectivity index (χ1n) is 23.5. The lowest BCUT2D eigenvalue weighted by Gasteiger charge is -2.42. The Kier molecular flexibility index (Phi) is 32.9. The van der Waals surface area contributed by atoms with Crippen LogP contribution < -0.4 is 0 Å². The zero-order valence-corrected chi connectivity index (χ0v) is 38.0. The van der Waals surface area contributed by atoms with E-state index in [2.05, 4.69) is 86.8 Å². The quantitative estimate of drug-likeness (QED) is 0.0223. The third-order valence-corrected chi connectivity index (χ3v) is 10.7. The van der Waals surface area contributed by atoms with Gasteiger partial charge >= 0.3 is 5.97 Å². The number of carbonyl (C=O) groups excluding carboxylic acids is 1. The fourth-order valence-electron chi connectivity index (χ4n) is 6.87. The van der Waals surface area contributed by atoms with Gasteiger partial charge in [-0.15, -0.1) is 0 Å². The first-order chi connectivity index (χ1) is 30.6. The Balaban J connectivity index is 1.69. The summed E-state index contributed by atoms with van der Waals surface area (Å²) < 4.78 is 34.0. The molecule has 2 saturated heterocycles. The lowest BCUT2D eigenvalue weighted by Crippen LogP contribution is -2.61. The van der Waals surface area contributed by atoms with E-state index in [1.54, 1.807) is 0 Å². The first-order valence-corrected chi connectivity index (χ1v) is 23.5. The summed E-state index contributed by atoms with van der Waals surface area (Å²) in [5, 5.41) is 71.7. The van der Waals surface area contributed by atoms with E-state index in [4.69, 9.17) is 28.4 Å². The second kappa shape index (κ2) is 36.6. The molecule has 2 fully saturated rings. The molecule has 0 radical (unpaired) electrons. The van der Waals surface area contributed by atoms with Gasteiger partial charge in [-0.25, -0.2) is 0 Å². The molecule has 2 heterocycles. The van der Waals surface area contributed by atoms with Crippen molar-refractivity contribution in [2.24, 2.45) is 0 Å². The van der Waals surface area contributed by atoms with Crippen molar-refractivity contribution in [2.75, 3.05) is 33.0 Å². The molecule has 63 heavy (non-hydrogen) atoms. The molecule has 2 rings (SSSR count). The van der Waals surface area contributed by atoms with Crippen LogP contribution in [0.3, 0.4) is 0 Å². The van der Waals surface area contributed by atoms with Crippen LogP contribution in [0.4, 0.5) is 0 Å². The van der Waals surface area contributed by atoms with Crippen molar-refractivity contribution in [3.8, 4) is 0 Å². The van der Waals surface area contributed by atoms with Crippen LogP contribution in [-0.4, -0.2) is 142 Å². The van der Waals surface area contributed by atoms with Gasteiger partial charge in [-0.1, -0.05) is 132 Å². The molecule has 0 aromatic carbocycles. The second-order valence-electron chi connectivity index (χ2n) is 16.2. The fraction of sp³-hybridized carbons (Fsp3) is 0.735. The molecule has 7 N–H and O–H groups in total. The van der Waals surface area contributed by atoms with Crippen molar-refractivity contribution in [1.29, 1.82) is 0 Å². The summed E-state index contributed by atoms with van der Waals surface area (Å²) in [7, 11) is 0. The molecule has 14 heteroatoms. The number of esters is 1. The van der Waals surface area contributed by atoms with Gasteiger partial charge in [0.05, 0.1) is 26.4 Å². The van der Waals surface area contributed by atoms with Crippen molar-refractivity contribution in [3.63, 3.8) is 0 Å². The Bertz CT molecular complexity index is 1310. The molecule has 0 aliphatic carbocycles. The number of hydrogen-bond donors (Lipinski definition) is 7. The molecule has 362 valence electrons. The molecule has 11 atom stereocenters. The van der Waals surface area contributed by atoms with Crippen molar-refractivity contribution in [2.45, 2.75) is 197 Å². The van der Waals surface area contributed by atoms with Crippen molar-refractivity contribution >= 4 is 5.97 Å². The standard InChI is InChI=1S/C49H82O14/c1-3-5-7-9-10-11-12-13-14-15-16-17-18-19-20-21-22-23-24-25-26-27-29-31-33-58-35-38(61-41(51)32-30-28-8-6-4-2)36-59-48-47(57)45(55)43(53)40(63-48)37-60-49-46(56)44(54)42(52)39(34-50)62-49/h5,7,10-11,13-14,16-17,19-20,22-23,38-40,42-50,52-57H,3-4,6,8-9,12,15,18,21,24-37H2,1-2H3/b7-5-,11-10-,14-13-,17-16-,20-19-,23-22-. The topological polar surface area (TPSA) is 214 Å². The second-order valence-corrected chi connectivity index (χ2v) is 16.2. The number of carbonyl (C=O) groups is 1. The van der Waals surface area contributed by atoms with Crippen LogP contribution in [0.25, 0.3) is 0 Å². The van der Waals surface area contributed by atoms with Crippen LogP contribution in [0.15, 0.2) is 72.9 Å². The van der Waals surface area contributed by atoms with E-state index in [0.717, 1.165) is 103 Å². The van der Waals surface area contributed by atoms with Crippen LogP contribution in [0, 0.1) is 0 Å². The molecule has 11 unspecified atom stereocenters. The summed E-state index contributed by atoms with van der Waals surface area (Å²) >= 11 is 0. The number of aliphatic hydroxyl groups excluding tert-OH is 7. The third kappa shape index (κ3) is 25.1. The van der Waals surface area contributed by atoms with Crippen LogP contribution in [0.1, 0.15) is 129 Å². The average Bonchev–Trinajstić information content (AvgIpc) is 3.28. The Hall–Kier alpha value is -2.57. The maximum Gasteiger partial charge on any atom is 0.306 e. The van der Waals surface area contributed by atoms with Gasteiger partial charge in [-0.3, -0.25) is 4.79 Å². The number of allylic oxidation sites excluding steroid dienone is 12. The highest BCUT2D eigenvalue weighted by Crippen LogP contribution is 2.26. The normalized spacial score (nSPS) is 27.6. The van der Waals surface area contributed by atoms with E-state index in [1.807, 2.05) is 0 Å². The Labute approximate surface area is 377 Å². The van der Waals surface area contributed by atoms with Gasteiger partial charge in [0.25, 0.3) is 0 Å². The highest BCUT2D eigenvalue weighted by Gasteiger charge is 2.47. The minimum atomic E-state index is -1.71. The first kappa shape index (κ1) is 56.6. The third-order valence-electron chi connectivity index (χ3n) is 10.7. The molecule has 0 amide bonds. The predicted molar refractivity (Wildman–Crippen MR) is 242 cm³/mol. The van der Waals surface area contributed by atoms with Gasteiger partial charge in [0.2, 0.25) is 0 Å². The highest BCUT2D eigenvalue weighted by atomic mass is 16.7. The number of rotatable bonds is 35. The summed E-state index contributed by atoms with van der Waals surface area (Å²) in [5.41, 5.74) is 0. The van der Waals surface area contributed by atoms with Crippen molar-refractivity contribution < 1.29 is 69.0 Å². The molecular formula is C49H82O14. The van der Waals surface area contributed by atoms with Crippen LogP contribution in [-0.2, 0) is 33.2 Å². The van der Waals surface area contributed by atoms with Gasteiger partial charge in [0, 0.05) is 13.0 Å². The van der Waals surface area contributed by atoms with Gasteiger partial charge in [-0.2, -0.15) is 0 Å². The minimum Gasteiger partial charge on any atom is -0.457 e. The van der Waals surface area contributed by atoms with E-state index >= 15 is 0 Å². The zero-order chi connectivity index (χ0) is 45.9. The monoisotopic (exact) mass is 895 g/mol. The summed E-state index contributed by atoms with van der Waals surface area (Å²) in [6, 6.07) is 0. The summed E-state index contributed by atoms with van der Waals surface area (Å²) in [4.78, 5) is 12.7. The molecular weight excluding hydrogens is 813 g/mol. The van der Waals surface area contributed by atoms with E-state index in [9.17, 15) is 40.5 Å². The molecule has 14 nitrogen and oxygen atoms in total. The van der Waals surface area contributed by atoms with Crippen LogP contribution in [0.5, 0.6) is 0 Å². The number of aliphatic hydroxyl groups is 7. The summed E-state index contributed by atoms with van der Waals surface area (Å²) in [5.74, 6) is -0.401. The molecule has 2 aliphatic heterocycles. The van der Waals surface area contributed by atoms with Gasteiger partial charge in [-0.05, 0) is 64.2 Å². The molecule has 0 aromatic rings. The van der Waals surface area contributed by atoms with Crippen LogP contribution in [0.2, 0.25) is 0 Å². The van der Waals surface area contributed by atoms with E-state index in [1.165, 1.54) is 0 Å². The summed E-state index contributed by atoms with van der Waals surface area (Å²) in [6.07, 6.45) is 27.4. The Morgan fingerprint density at radius 2 is 1.03 bits per heavy atom. The molecule has 0 aromatic heterocycles. The predicted octanol–water partition coefficient (Wildman–Crippen LogP) is 5.95. The SMILES string of the molecule is CC/C=C\C/C=C\C/C=C\C/C=C\C/C=C\C/C=C\CCCCCCCOCC(COC1OC(COC2OC(CO)C(O)C(O)C2O)C(O)C(O)C1O)OC(=O)CCCCCCC. The molecule has 2 aliphatic rings. The number of unbranched alkanes of at least 4 members (excludes halogenated alkanes) is 9. The molecule has 0 saturated carbocycles. The Morgan fingerprint density at radius 3 is 1.62 bits per heavy atom. The van der Waals surface area contributed by atoms with Gasteiger partial charge in [0.15, 0.2) is 12.6 Å². The fourth-order valence-corrected chi connectivity index (χ4v) is 6.87. The number of hydrogen-bond acceptors (Lipinski definition) is 14. The minimum absolute atomic E-state index is 0.0436. The van der Waals surface area contributed by atoms with Gasteiger partial charge < -0.3 is 64.2 Å². The van der Waals surface area contributed by atoms with E-state index in [0.29, 0.717) is 13.0 Å². The molecule has 0 bridgehead atoms. The highest BCUT2D eigenvalue weighted by molar-refractivity contribution is 5.69.